The van der Waals surface area contributed by atoms with Crippen LogP contribution in [0.2, 0.25) is 0 Å². The number of aliphatic hydroxyl groups is 2. The van der Waals surface area contributed by atoms with E-state index in [0.717, 1.165) is 0 Å². The van der Waals surface area contributed by atoms with Crippen LogP contribution in [0.4, 0.5) is 5.95 Å². The number of H-pyrrole nitrogens is 1. The SMILES string of the molecule is Nc1nc2c(c(CO)cn2[C@H]2CC(O)[C@@H](COP(OO)(OOO)(P(=O)=O)P(=O)=O)O2)c(=O)[nH]1. The van der Waals surface area contributed by atoms with Gasteiger partial charge in [-0.25, -0.2) is 0 Å². The Morgan fingerprint density at radius 3 is 2.52 bits per heavy atom. The van der Waals surface area contributed by atoms with Crippen molar-refractivity contribution in [2.75, 3.05) is 12.3 Å². The molecule has 0 amide bonds. The summed E-state index contributed by atoms with van der Waals surface area (Å²) in [6, 6.07) is 0. The summed E-state index contributed by atoms with van der Waals surface area (Å²) in [6.45, 7) is -8.14. The molecule has 7 N–H and O–H groups in total. The number of anilines is 1. The van der Waals surface area contributed by atoms with Gasteiger partial charge in [0.2, 0.25) is 0 Å². The van der Waals surface area contributed by atoms with Crippen molar-refractivity contribution in [2.24, 2.45) is 0 Å². The average Bonchev–Trinajstić information content (AvgIpc) is 3.31. The molecule has 0 saturated carbocycles. The van der Waals surface area contributed by atoms with Gasteiger partial charge in [0.1, 0.15) is 0 Å². The van der Waals surface area contributed by atoms with Crippen LogP contribution in [0.1, 0.15) is 18.2 Å². The van der Waals surface area contributed by atoms with Crippen LogP contribution >= 0.6 is 21.4 Å². The van der Waals surface area contributed by atoms with Gasteiger partial charge in [-0.15, -0.1) is 0 Å². The fraction of sp³-hybridized carbons (Fsp3) is 0.500. The zero-order valence-electron chi connectivity index (χ0n) is 16.1. The summed E-state index contributed by atoms with van der Waals surface area (Å²) in [5.41, 5.74) is 5.08. The van der Waals surface area contributed by atoms with Gasteiger partial charge in [0.25, 0.3) is 0 Å². The zero-order chi connectivity index (χ0) is 24.6. The van der Waals surface area contributed by atoms with E-state index in [2.05, 4.69) is 24.4 Å². The predicted molar refractivity (Wildman–Crippen MR) is 103 cm³/mol. The number of hydrogen-bond acceptors (Lipinski definition) is 16. The van der Waals surface area contributed by atoms with Gasteiger partial charge in [0.15, 0.2) is 0 Å². The standard InChI is InChI=1S/C12H17N4O14P3/c13-12-14-10-9(11(19)15-12)5(3-17)2-16(10)8-1-6(18)7(27-8)4-26-33(29-21,30-28-20,31(22)23)32(24)25/h2,6-8,17-18,20-21H,1,3-4H2,(H3,13,14,15,19)/t6?,7-,8-/m1/s1. The van der Waals surface area contributed by atoms with Gasteiger partial charge in [-0.1, -0.05) is 0 Å². The van der Waals surface area contributed by atoms with Crippen LogP contribution < -0.4 is 11.3 Å². The topological polar surface area (TPSA) is 272 Å². The van der Waals surface area contributed by atoms with Gasteiger partial charge in [-0.05, 0) is 0 Å². The molecule has 2 aromatic heterocycles. The van der Waals surface area contributed by atoms with Crippen molar-refractivity contribution in [3.63, 3.8) is 0 Å². The number of nitrogen functional groups attached to an aromatic ring is 1. The molecule has 0 aliphatic carbocycles. The summed E-state index contributed by atoms with van der Waals surface area (Å²) in [6.07, 6.45) is -2.79. The van der Waals surface area contributed by atoms with E-state index in [1.807, 2.05) is 0 Å². The van der Waals surface area contributed by atoms with E-state index >= 15 is 0 Å². The second kappa shape index (κ2) is 9.38. The van der Waals surface area contributed by atoms with Crippen molar-refractivity contribution in [2.45, 2.75) is 31.5 Å². The third kappa shape index (κ3) is 4.10. The van der Waals surface area contributed by atoms with Crippen molar-refractivity contribution in [3.05, 3.63) is 22.1 Å². The number of fused-ring (bicyclic) bond motifs is 1. The molecule has 0 bridgehead atoms. The second-order valence-corrected chi connectivity index (χ2v) is 16.8. The van der Waals surface area contributed by atoms with Crippen molar-refractivity contribution < 1.29 is 62.6 Å². The Balaban J connectivity index is 1.93. The number of nitrogens with two attached hydrogens (primary N) is 1. The van der Waals surface area contributed by atoms with Crippen LogP contribution in [0.5, 0.6) is 0 Å². The van der Waals surface area contributed by atoms with Crippen molar-refractivity contribution in [1.29, 1.82) is 0 Å². The summed E-state index contributed by atoms with van der Waals surface area (Å²) < 4.78 is 65.5. The third-order valence-electron chi connectivity index (χ3n) is 4.77. The molecule has 18 nitrogen and oxygen atoms in total. The maximum absolute atomic E-state index is 12.2. The first kappa shape index (κ1) is 25.7. The number of nitrogens with one attached hydrogen (secondary N) is 1. The van der Waals surface area contributed by atoms with Gasteiger partial charge < -0.3 is 0 Å². The molecule has 2 aromatic rings. The number of aromatic nitrogens is 3. The molecule has 184 valence electrons. The van der Waals surface area contributed by atoms with E-state index in [1.165, 1.54) is 10.8 Å². The Labute approximate surface area is 182 Å². The molecule has 1 fully saturated rings. The maximum atomic E-state index is 12.2. The minimum atomic E-state index is -6.54. The monoisotopic (exact) mass is 534 g/mol. The van der Waals surface area contributed by atoms with Crippen LogP contribution in [0.25, 0.3) is 11.0 Å². The van der Waals surface area contributed by atoms with E-state index in [0.29, 0.717) is 0 Å². The first-order valence-electron chi connectivity index (χ1n) is 8.67. The Hall–Kier alpha value is -1.91. The molecule has 3 rings (SSSR count). The van der Waals surface area contributed by atoms with E-state index in [-0.39, 0.29) is 29.0 Å². The Morgan fingerprint density at radius 2 is 1.97 bits per heavy atom. The molecule has 0 spiro atoms. The Bertz CT molecular complexity index is 1220. The molecule has 1 aliphatic heterocycles. The van der Waals surface area contributed by atoms with Crippen LogP contribution in [0.3, 0.4) is 0 Å². The van der Waals surface area contributed by atoms with Gasteiger partial charge in [-0.2, -0.15) is 0 Å². The van der Waals surface area contributed by atoms with Crippen LogP contribution in [0.15, 0.2) is 11.0 Å². The van der Waals surface area contributed by atoms with Crippen molar-refractivity contribution >= 4 is 38.4 Å². The number of nitrogens with zero attached hydrogens (tertiary/aromatic N) is 2. The van der Waals surface area contributed by atoms with E-state index in [9.17, 15) is 33.3 Å². The van der Waals surface area contributed by atoms with Crippen LogP contribution in [-0.4, -0.2) is 54.1 Å². The van der Waals surface area contributed by atoms with Gasteiger partial charge in [0.05, 0.1) is 0 Å². The third-order valence-corrected chi connectivity index (χ3v) is 14.5. The number of aliphatic hydroxyl groups excluding tert-OH is 2. The molecule has 1 saturated heterocycles. The molecule has 21 heteroatoms. The minimum absolute atomic E-state index is 0.000298. The summed E-state index contributed by atoms with van der Waals surface area (Å²) in [4.78, 5) is 18.5. The van der Waals surface area contributed by atoms with E-state index in [1.54, 1.807) is 0 Å². The van der Waals surface area contributed by atoms with Gasteiger partial charge in [0, 0.05) is 0 Å². The molecule has 3 atom stereocenters. The van der Waals surface area contributed by atoms with Gasteiger partial charge in [-0.3, -0.25) is 0 Å². The zero-order valence-corrected chi connectivity index (χ0v) is 18.8. The molecule has 0 radical (unpaired) electrons. The number of rotatable bonds is 10. The van der Waals surface area contributed by atoms with Crippen LogP contribution in [0, 0.1) is 0 Å². The molecule has 0 aromatic carbocycles. The van der Waals surface area contributed by atoms with E-state index in [4.69, 9.17) is 25.5 Å². The molecular weight excluding hydrogens is 517 g/mol. The van der Waals surface area contributed by atoms with E-state index < -0.39 is 58.6 Å². The van der Waals surface area contributed by atoms with Crippen molar-refractivity contribution in [3.8, 4) is 0 Å². The fourth-order valence-corrected chi connectivity index (χ4v) is 7.64. The summed E-state index contributed by atoms with van der Waals surface area (Å²) in [5, 5.41) is 40.5. The number of aromatic amines is 1. The van der Waals surface area contributed by atoms with Crippen LogP contribution in [-0.2, 0) is 48.5 Å². The van der Waals surface area contributed by atoms with Crippen molar-refractivity contribution in [1.82, 2.24) is 14.5 Å². The summed E-state index contributed by atoms with van der Waals surface area (Å²) >= 11 is 0. The number of ether oxygens (including phenoxy) is 1. The first-order valence-corrected chi connectivity index (χ1v) is 14.4. The normalized spacial score (nSPS) is 22.3. The predicted octanol–water partition coefficient (Wildman–Crippen LogP) is 0.849. The van der Waals surface area contributed by atoms with Gasteiger partial charge >= 0.3 is 181 Å². The summed E-state index contributed by atoms with van der Waals surface area (Å²) in [5.74, 6) is -0.244. The first-order chi connectivity index (χ1) is 15.5. The second-order valence-electron chi connectivity index (χ2n) is 6.61. The average molecular weight is 534 g/mol. The molecule has 3 heterocycles. The molecule has 1 unspecified atom stereocenters. The molecule has 33 heavy (non-hydrogen) atoms. The Morgan fingerprint density at radius 1 is 1.30 bits per heavy atom. The molecular formula is C12H17N4O14P3. The number of hydrogen-bond donors (Lipinski definition) is 6. The summed E-state index contributed by atoms with van der Waals surface area (Å²) in [7, 11) is -8.79. The Kier molecular flexibility index (Phi) is 7.31. The quantitative estimate of drug-likeness (QED) is 0.140. The fourth-order valence-electron chi connectivity index (χ4n) is 3.21. The molecule has 1 aliphatic rings.